The van der Waals surface area contributed by atoms with Gasteiger partial charge in [-0.3, -0.25) is 9.78 Å². The van der Waals surface area contributed by atoms with Crippen molar-refractivity contribution in [2.24, 2.45) is 0 Å². The molecule has 7 heteroatoms. The van der Waals surface area contributed by atoms with Gasteiger partial charge < -0.3 is 20.7 Å². The smallest absolute Gasteiger partial charge is 0.261 e. The molecule has 1 saturated heterocycles. The predicted molar refractivity (Wildman–Crippen MR) is 107 cm³/mol. The number of piperidine rings is 1. The number of hydrogen-bond acceptors (Lipinski definition) is 6. The van der Waals surface area contributed by atoms with Crippen LogP contribution in [0.2, 0.25) is 0 Å². The first-order valence-corrected chi connectivity index (χ1v) is 10.5. The van der Waals surface area contributed by atoms with Crippen LogP contribution in [0.15, 0.2) is 30.6 Å². The summed E-state index contributed by atoms with van der Waals surface area (Å²) in [6, 6.07) is 5.97. The van der Waals surface area contributed by atoms with Crippen molar-refractivity contribution in [2.45, 2.75) is 31.3 Å². The molecular weight excluding hydrogens is 360 g/mol. The van der Waals surface area contributed by atoms with Gasteiger partial charge in [0.2, 0.25) is 0 Å². The highest BCUT2D eigenvalue weighted by molar-refractivity contribution is 7.14. The fourth-order valence-electron chi connectivity index (χ4n) is 3.81. The van der Waals surface area contributed by atoms with Gasteiger partial charge in [0.1, 0.15) is 5.60 Å². The maximum atomic E-state index is 12.6. The number of ether oxygens (including phenoxy) is 1. The van der Waals surface area contributed by atoms with Gasteiger partial charge in [-0.15, -0.1) is 11.3 Å². The molecule has 3 N–H and O–H groups in total. The van der Waals surface area contributed by atoms with Crippen LogP contribution in [-0.4, -0.2) is 43.7 Å². The first kappa shape index (κ1) is 18.4. The Morgan fingerprint density at radius 1 is 1.33 bits per heavy atom. The Morgan fingerprint density at radius 2 is 2.22 bits per heavy atom. The number of rotatable bonds is 6. The van der Waals surface area contributed by atoms with Crippen molar-refractivity contribution >= 4 is 22.9 Å². The Bertz CT molecular complexity index is 772. The molecule has 4 heterocycles. The fourth-order valence-corrected chi connectivity index (χ4v) is 5.14. The molecule has 27 heavy (non-hydrogen) atoms. The zero-order chi connectivity index (χ0) is 18.5. The van der Waals surface area contributed by atoms with E-state index in [0.717, 1.165) is 62.5 Å². The molecule has 2 aliphatic heterocycles. The summed E-state index contributed by atoms with van der Waals surface area (Å²) in [4.78, 5) is 18.7. The van der Waals surface area contributed by atoms with Crippen molar-refractivity contribution in [3.63, 3.8) is 0 Å². The number of pyridine rings is 1. The van der Waals surface area contributed by atoms with Crippen LogP contribution in [0, 0.1) is 0 Å². The minimum absolute atomic E-state index is 0.0277. The third kappa shape index (κ3) is 4.15. The maximum absolute atomic E-state index is 12.6. The van der Waals surface area contributed by atoms with E-state index in [1.165, 1.54) is 10.4 Å². The summed E-state index contributed by atoms with van der Waals surface area (Å²) in [5.41, 5.74) is 2.13. The van der Waals surface area contributed by atoms with Crippen molar-refractivity contribution in [1.82, 2.24) is 15.6 Å². The van der Waals surface area contributed by atoms with Crippen LogP contribution in [0.5, 0.6) is 0 Å². The van der Waals surface area contributed by atoms with Gasteiger partial charge in [0.15, 0.2) is 0 Å². The van der Waals surface area contributed by atoms with Crippen LogP contribution >= 0.6 is 11.3 Å². The Morgan fingerprint density at radius 3 is 3.04 bits per heavy atom. The zero-order valence-electron chi connectivity index (χ0n) is 15.4. The van der Waals surface area contributed by atoms with Crippen LogP contribution in [0.1, 0.15) is 39.4 Å². The summed E-state index contributed by atoms with van der Waals surface area (Å²) in [7, 11) is 0. The van der Waals surface area contributed by atoms with E-state index in [2.05, 4.69) is 27.0 Å². The predicted octanol–water partition coefficient (Wildman–Crippen LogP) is 2.53. The van der Waals surface area contributed by atoms with Crippen molar-refractivity contribution in [3.05, 3.63) is 45.9 Å². The molecule has 0 aliphatic carbocycles. The van der Waals surface area contributed by atoms with E-state index in [1.54, 1.807) is 23.7 Å². The Kier molecular flexibility index (Phi) is 5.71. The lowest BCUT2D eigenvalue weighted by atomic mass is 9.86. The van der Waals surface area contributed by atoms with E-state index >= 15 is 0 Å². The summed E-state index contributed by atoms with van der Waals surface area (Å²) in [5.74, 6) is 0.0277. The molecule has 2 aliphatic rings. The number of aromatic nitrogens is 1. The van der Waals surface area contributed by atoms with Crippen LogP contribution in [0.3, 0.4) is 0 Å². The average Bonchev–Trinajstić information content (AvgIpc) is 3.15. The number of carbonyl (C=O) groups excluding carboxylic acids is 1. The van der Waals surface area contributed by atoms with E-state index in [-0.39, 0.29) is 11.5 Å². The van der Waals surface area contributed by atoms with Crippen LogP contribution in [0.25, 0.3) is 0 Å². The summed E-state index contributed by atoms with van der Waals surface area (Å²) in [6.07, 6.45) is 7.30. The molecular formula is C20H26N4O2S. The summed E-state index contributed by atoms with van der Waals surface area (Å²) >= 11 is 1.62. The van der Waals surface area contributed by atoms with E-state index in [4.69, 9.17) is 4.74 Å². The number of nitrogens with one attached hydrogen (secondary N) is 3. The van der Waals surface area contributed by atoms with Gasteiger partial charge in [-0.2, -0.15) is 0 Å². The van der Waals surface area contributed by atoms with E-state index in [9.17, 15) is 4.79 Å². The fraction of sp³-hybridized carbons (Fsp3) is 0.500. The van der Waals surface area contributed by atoms with Gasteiger partial charge in [-0.05, 0) is 62.5 Å². The van der Waals surface area contributed by atoms with E-state index < -0.39 is 0 Å². The van der Waals surface area contributed by atoms with Crippen molar-refractivity contribution < 1.29 is 9.53 Å². The van der Waals surface area contributed by atoms with Gasteiger partial charge in [-0.1, -0.05) is 0 Å². The first-order chi connectivity index (χ1) is 13.3. The number of hydrogen-bond donors (Lipinski definition) is 3. The molecule has 2 aromatic heterocycles. The molecule has 4 rings (SSSR count). The number of anilines is 1. The third-order valence-corrected chi connectivity index (χ3v) is 6.60. The summed E-state index contributed by atoms with van der Waals surface area (Å²) in [5, 5.41) is 9.76. The average molecular weight is 387 g/mol. The molecule has 2 aromatic rings. The lowest BCUT2D eigenvalue weighted by Crippen LogP contribution is -2.43. The zero-order valence-corrected chi connectivity index (χ0v) is 16.2. The molecule has 0 aromatic carbocycles. The molecule has 0 radical (unpaired) electrons. The molecule has 1 spiro atoms. The summed E-state index contributed by atoms with van der Waals surface area (Å²) < 4.78 is 6.21. The Hall–Kier alpha value is -1.96. The van der Waals surface area contributed by atoms with Crippen molar-refractivity contribution in [1.29, 1.82) is 0 Å². The minimum Gasteiger partial charge on any atom is -0.384 e. The second-order valence-corrected chi connectivity index (χ2v) is 8.14. The highest BCUT2D eigenvalue weighted by Gasteiger charge is 2.41. The molecule has 0 unspecified atom stereocenters. The third-order valence-electron chi connectivity index (χ3n) is 5.24. The standard InChI is InChI=1S/C20H26N4O2S/c25-19(24-9-2-8-23-16-3-1-7-22-14-16)17-13-15-4-12-26-20(18(15)27-17)5-10-21-11-6-20/h1,3,7,13-14,21,23H,2,4-6,8-12H2,(H,24,25). The first-order valence-electron chi connectivity index (χ1n) is 9.67. The normalized spacial score (nSPS) is 18.1. The molecule has 1 amide bonds. The number of carbonyl (C=O) groups is 1. The van der Waals surface area contributed by atoms with Gasteiger partial charge >= 0.3 is 0 Å². The molecule has 0 saturated carbocycles. The lowest BCUT2D eigenvalue weighted by molar-refractivity contribution is -0.0771. The SMILES string of the molecule is O=C(NCCCNc1cccnc1)c1cc2c(s1)C1(CCNCC1)OCC2. The van der Waals surface area contributed by atoms with Crippen LogP contribution in [0.4, 0.5) is 5.69 Å². The number of nitrogens with zero attached hydrogens (tertiary/aromatic N) is 1. The number of fused-ring (bicyclic) bond motifs is 2. The Labute approximate surface area is 163 Å². The van der Waals surface area contributed by atoms with Crippen LogP contribution < -0.4 is 16.0 Å². The molecule has 144 valence electrons. The monoisotopic (exact) mass is 386 g/mol. The van der Waals surface area contributed by atoms with Crippen molar-refractivity contribution in [3.8, 4) is 0 Å². The second kappa shape index (κ2) is 8.37. The molecule has 1 fully saturated rings. The number of thiophene rings is 1. The molecule has 0 bridgehead atoms. The summed E-state index contributed by atoms with van der Waals surface area (Å²) in [6.45, 7) is 4.16. The van der Waals surface area contributed by atoms with Crippen LogP contribution in [-0.2, 0) is 16.8 Å². The van der Waals surface area contributed by atoms with Gasteiger partial charge in [0.05, 0.1) is 17.2 Å². The lowest BCUT2D eigenvalue weighted by Gasteiger charge is -2.40. The number of amides is 1. The van der Waals surface area contributed by atoms with E-state index in [1.807, 2.05) is 12.1 Å². The quantitative estimate of drug-likeness (QED) is 0.665. The van der Waals surface area contributed by atoms with Gasteiger partial charge in [0, 0.05) is 30.4 Å². The second-order valence-electron chi connectivity index (χ2n) is 7.09. The minimum atomic E-state index is -0.171. The van der Waals surface area contributed by atoms with E-state index in [0.29, 0.717) is 6.54 Å². The molecule has 0 atom stereocenters. The highest BCUT2D eigenvalue weighted by atomic mass is 32.1. The topological polar surface area (TPSA) is 75.3 Å². The molecule has 6 nitrogen and oxygen atoms in total. The Balaban J connectivity index is 1.31. The highest BCUT2D eigenvalue weighted by Crippen LogP contribution is 2.44. The van der Waals surface area contributed by atoms with Gasteiger partial charge in [0.25, 0.3) is 5.91 Å². The van der Waals surface area contributed by atoms with Gasteiger partial charge in [-0.25, -0.2) is 0 Å². The largest absolute Gasteiger partial charge is 0.384 e. The van der Waals surface area contributed by atoms with Crippen molar-refractivity contribution in [2.75, 3.05) is 38.1 Å². The maximum Gasteiger partial charge on any atom is 0.261 e.